The molecule has 0 aromatic heterocycles. The summed E-state index contributed by atoms with van der Waals surface area (Å²) in [7, 11) is -3.94. The molecule has 2 aromatic rings. The highest BCUT2D eigenvalue weighted by atomic mass is 32.2. The van der Waals surface area contributed by atoms with Gasteiger partial charge in [-0.2, -0.15) is 0 Å². The third-order valence-corrected chi connectivity index (χ3v) is 5.09. The lowest BCUT2D eigenvalue weighted by Gasteiger charge is -2.11. The molecule has 132 valence electrons. The maximum Gasteiger partial charge on any atom is 0.573 e. The first kappa shape index (κ1) is 17.6. The summed E-state index contributed by atoms with van der Waals surface area (Å²) in [5, 5.41) is 0. The monoisotopic (exact) mass is 371 g/mol. The van der Waals surface area contributed by atoms with Crippen molar-refractivity contribution in [2.75, 3.05) is 4.72 Å². The van der Waals surface area contributed by atoms with Gasteiger partial charge in [0.15, 0.2) is 0 Å². The molecule has 0 unspecified atom stereocenters. The lowest BCUT2D eigenvalue weighted by Crippen LogP contribution is -2.25. The Kier molecular flexibility index (Phi) is 4.42. The zero-order chi connectivity index (χ0) is 18.2. The maximum atomic E-state index is 12.4. The molecule has 5 nitrogen and oxygen atoms in total. The van der Waals surface area contributed by atoms with Gasteiger partial charge < -0.3 is 9.39 Å². The Balaban J connectivity index is 1.79. The number of ether oxygens (including phenoxy) is 1. The fourth-order valence-corrected chi connectivity index (χ4v) is 3.56. The molecule has 0 amide bonds. The van der Waals surface area contributed by atoms with Gasteiger partial charge in [-0.3, -0.25) is 4.72 Å². The van der Waals surface area contributed by atoms with Gasteiger partial charge in [-0.1, -0.05) is 12.9 Å². The van der Waals surface area contributed by atoms with Crippen LogP contribution in [-0.2, 0) is 21.3 Å². The van der Waals surface area contributed by atoms with E-state index >= 15 is 0 Å². The van der Waals surface area contributed by atoms with E-state index in [1.54, 1.807) is 18.2 Å². The topological polar surface area (TPSA) is 64.6 Å². The predicted octanol–water partition coefficient (Wildman–Crippen LogP) is 2.74. The van der Waals surface area contributed by atoms with E-state index in [4.69, 9.17) is 4.65 Å². The minimum atomic E-state index is -4.83. The number of halogens is 3. The van der Waals surface area contributed by atoms with Crippen LogP contribution in [0.25, 0.3) is 0 Å². The van der Waals surface area contributed by atoms with Crippen LogP contribution in [0.4, 0.5) is 18.9 Å². The second-order valence-electron chi connectivity index (χ2n) is 5.49. The summed E-state index contributed by atoms with van der Waals surface area (Å²) in [6.07, 6.45) is -4.83. The van der Waals surface area contributed by atoms with Gasteiger partial charge in [0.2, 0.25) is 0 Å². The van der Waals surface area contributed by atoms with E-state index in [-0.39, 0.29) is 11.8 Å². The highest BCUT2D eigenvalue weighted by molar-refractivity contribution is 7.92. The number of rotatable bonds is 4. The average Bonchev–Trinajstić information content (AvgIpc) is 2.87. The molecule has 1 aliphatic rings. The molecule has 10 heteroatoms. The molecule has 0 saturated carbocycles. The Morgan fingerprint density at radius 3 is 2.48 bits per heavy atom. The highest BCUT2D eigenvalue weighted by Gasteiger charge is 2.31. The molecule has 0 spiro atoms. The Hall–Kier alpha value is -2.20. The van der Waals surface area contributed by atoms with Gasteiger partial charge >= 0.3 is 13.3 Å². The lowest BCUT2D eigenvalue weighted by molar-refractivity contribution is -0.274. The second-order valence-corrected chi connectivity index (χ2v) is 7.17. The zero-order valence-electron chi connectivity index (χ0n) is 13.0. The normalized spacial score (nSPS) is 14.3. The number of fused-ring (bicyclic) bond motifs is 1. The van der Waals surface area contributed by atoms with Crippen LogP contribution in [0.1, 0.15) is 5.56 Å². The van der Waals surface area contributed by atoms with Gasteiger partial charge in [-0.15, -0.1) is 13.2 Å². The summed E-state index contributed by atoms with van der Waals surface area (Å²) in [6, 6.07) is 9.05. The van der Waals surface area contributed by atoms with Gasteiger partial charge in [-0.25, -0.2) is 8.42 Å². The number of sulfonamides is 1. The van der Waals surface area contributed by atoms with E-state index in [0.29, 0.717) is 12.3 Å². The van der Waals surface area contributed by atoms with Crippen molar-refractivity contribution in [3.8, 4) is 5.75 Å². The van der Waals surface area contributed by atoms with Crippen LogP contribution >= 0.6 is 0 Å². The van der Waals surface area contributed by atoms with Crippen LogP contribution in [0.5, 0.6) is 5.75 Å². The molecular formula is C15H13BF3NO4S. The van der Waals surface area contributed by atoms with E-state index in [0.717, 1.165) is 35.3 Å². The molecular weight excluding hydrogens is 358 g/mol. The molecule has 1 aliphatic heterocycles. The van der Waals surface area contributed by atoms with Gasteiger partial charge in [0.25, 0.3) is 10.0 Å². The Labute approximate surface area is 142 Å². The molecule has 25 heavy (non-hydrogen) atoms. The van der Waals surface area contributed by atoms with Gasteiger partial charge in [0.1, 0.15) is 5.75 Å². The van der Waals surface area contributed by atoms with Crippen LogP contribution in [0, 0.1) is 0 Å². The van der Waals surface area contributed by atoms with Gasteiger partial charge in [0, 0.05) is 5.69 Å². The van der Waals surface area contributed by atoms with Crippen LogP contribution < -0.4 is 14.9 Å². The van der Waals surface area contributed by atoms with Crippen LogP contribution in [0.15, 0.2) is 47.4 Å². The molecule has 0 radical (unpaired) electrons. The number of benzene rings is 2. The van der Waals surface area contributed by atoms with E-state index in [2.05, 4.69) is 9.46 Å². The number of nitrogens with one attached hydrogen (secondary N) is 1. The molecule has 0 fully saturated rings. The largest absolute Gasteiger partial charge is 0.573 e. The van der Waals surface area contributed by atoms with E-state index in [1.807, 2.05) is 6.82 Å². The first-order chi connectivity index (χ1) is 11.6. The third-order valence-electron chi connectivity index (χ3n) is 3.69. The van der Waals surface area contributed by atoms with E-state index in [9.17, 15) is 21.6 Å². The average molecular weight is 371 g/mol. The summed E-state index contributed by atoms with van der Waals surface area (Å²) in [5.41, 5.74) is 2.24. The van der Waals surface area contributed by atoms with Gasteiger partial charge in [-0.05, 0) is 47.4 Å². The van der Waals surface area contributed by atoms with Crippen molar-refractivity contribution in [1.29, 1.82) is 0 Å². The highest BCUT2D eigenvalue weighted by Crippen LogP contribution is 2.25. The summed E-state index contributed by atoms with van der Waals surface area (Å²) >= 11 is 0. The predicted molar refractivity (Wildman–Crippen MR) is 86.4 cm³/mol. The minimum Gasteiger partial charge on any atom is -0.427 e. The SMILES string of the molecule is CB1OCc2ccc(NS(=O)(=O)c3ccc(OC(F)(F)F)cc3)cc21. The minimum absolute atomic E-state index is 0.127. The number of anilines is 1. The third kappa shape index (κ3) is 4.08. The summed E-state index contributed by atoms with van der Waals surface area (Å²) in [5.74, 6) is -0.491. The van der Waals surface area contributed by atoms with Crippen molar-refractivity contribution in [2.45, 2.75) is 24.7 Å². The van der Waals surface area contributed by atoms with E-state index < -0.39 is 22.1 Å². The summed E-state index contributed by atoms with van der Waals surface area (Å²) < 4.78 is 72.8. The number of hydrogen-bond donors (Lipinski definition) is 1. The molecule has 1 N–H and O–H groups in total. The Morgan fingerprint density at radius 2 is 1.84 bits per heavy atom. The van der Waals surface area contributed by atoms with Crippen LogP contribution in [0.2, 0.25) is 6.82 Å². The summed E-state index contributed by atoms with van der Waals surface area (Å²) in [4.78, 5) is -0.174. The molecule has 2 aromatic carbocycles. The van der Waals surface area contributed by atoms with Crippen LogP contribution in [0.3, 0.4) is 0 Å². The fourth-order valence-electron chi connectivity index (χ4n) is 2.51. The molecule has 0 bridgehead atoms. The molecule has 0 saturated heterocycles. The van der Waals surface area contributed by atoms with Gasteiger partial charge in [0.05, 0.1) is 11.5 Å². The van der Waals surface area contributed by atoms with Crippen LogP contribution in [-0.4, -0.2) is 21.7 Å². The van der Waals surface area contributed by atoms with Crippen molar-refractivity contribution in [2.24, 2.45) is 0 Å². The first-order valence-corrected chi connectivity index (χ1v) is 8.75. The van der Waals surface area contributed by atoms with Crippen molar-refractivity contribution in [3.63, 3.8) is 0 Å². The first-order valence-electron chi connectivity index (χ1n) is 7.27. The molecule has 0 atom stereocenters. The smallest absolute Gasteiger partial charge is 0.427 e. The second kappa shape index (κ2) is 6.27. The molecule has 3 rings (SSSR count). The van der Waals surface area contributed by atoms with Crippen molar-refractivity contribution in [3.05, 3.63) is 48.0 Å². The standard InChI is InChI=1S/C15H13BF3NO4S/c1-16-14-8-11(3-2-10(14)9-23-16)20-25(21,22)13-6-4-12(5-7-13)24-15(17,18)19/h2-8,20H,9H2,1H3. The zero-order valence-corrected chi connectivity index (χ0v) is 13.8. The Bertz CT molecular complexity index is 885. The fraction of sp³-hybridized carbons (Fsp3) is 0.200. The maximum absolute atomic E-state index is 12.4. The molecule has 1 heterocycles. The van der Waals surface area contributed by atoms with Crippen molar-refractivity contribution in [1.82, 2.24) is 0 Å². The summed E-state index contributed by atoms with van der Waals surface area (Å²) in [6.45, 7) is 2.21. The number of alkyl halides is 3. The van der Waals surface area contributed by atoms with Crippen molar-refractivity contribution < 1.29 is 31.0 Å². The van der Waals surface area contributed by atoms with Crippen molar-refractivity contribution >= 4 is 28.1 Å². The quantitative estimate of drug-likeness (QED) is 0.840. The van der Waals surface area contributed by atoms with E-state index in [1.165, 1.54) is 0 Å². The molecule has 0 aliphatic carbocycles. The Morgan fingerprint density at radius 1 is 1.16 bits per heavy atom. The number of hydrogen-bond acceptors (Lipinski definition) is 4. The lowest BCUT2D eigenvalue weighted by atomic mass is 9.64.